The number of ether oxygens (including phenoxy) is 1. The molecule has 0 saturated carbocycles. The lowest BCUT2D eigenvalue weighted by atomic mass is 10.1. The van der Waals surface area contributed by atoms with Gasteiger partial charge in [0.2, 0.25) is 0 Å². The molecule has 1 heterocycles. The van der Waals surface area contributed by atoms with Crippen LogP contribution in [-0.2, 0) is 0 Å². The van der Waals surface area contributed by atoms with Crippen LogP contribution in [0.15, 0.2) is 24.8 Å². The Kier molecular flexibility index (Phi) is 2.52. The van der Waals surface area contributed by atoms with Crippen molar-refractivity contribution in [3.05, 3.63) is 36.0 Å². The minimum atomic E-state index is 0.505. The SMILES string of the molecule is C=Cc1c(C(C)=N)[nH]c2cc(OC)ccc12. The van der Waals surface area contributed by atoms with Gasteiger partial charge in [-0.25, -0.2) is 0 Å². The van der Waals surface area contributed by atoms with Crippen LogP contribution in [0.5, 0.6) is 5.75 Å². The Bertz CT molecular complexity index is 567. The van der Waals surface area contributed by atoms with Crippen LogP contribution in [0.2, 0.25) is 0 Å². The summed E-state index contributed by atoms with van der Waals surface area (Å²) in [5.74, 6) is 0.804. The van der Waals surface area contributed by atoms with Crippen LogP contribution in [0.4, 0.5) is 0 Å². The van der Waals surface area contributed by atoms with Gasteiger partial charge in [-0.2, -0.15) is 0 Å². The molecular weight excluding hydrogens is 200 g/mol. The molecule has 82 valence electrons. The van der Waals surface area contributed by atoms with E-state index in [9.17, 15) is 0 Å². The lowest BCUT2D eigenvalue weighted by Gasteiger charge is -1.98. The number of H-pyrrole nitrogens is 1. The van der Waals surface area contributed by atoms with Crippen molar-refractivity contribution in [1.29, 1.82) is 5.41 Å². The second-order valence-corrected chi connectivity index (χ2v) is 3.65. The molecule has 0 radical (unpaired) electrons. The van der Waals surface area contributed by atoms with E-state index in [4.69, 9.17) is 10.1 Å². The van der Waals surface area contributed by atoms with Gasteiger partial charge in [-0.1, -0.05) is 12.7 Å². The fourth-order valence-electron chi connectivity index (χ4n) is 1.83. The molecule has 0 bridgehead atoms. The van der Waals surface area contributed by atoms with E-state index in [1.54, 1.807) is 20.1 Å². The molecule has 0 saturated heterocycles. The van der Waals surface area contributed by atoms with Crippen LogP contribution in [-0.4, -0.2) is 17.8 Å². The smallest absolute Gasteiger partial charge is 0.120 e. The summed E-state index contributed by atoms with van der Waals surface area (Å²) >= 11 is 0. The summed E-state index contributed by atoms with van der Waals surface area (Å²) in [7, 11) is 1.64. The van der Waals surface area contributed by atoms with Crippen molar-refractivity contribution in [3.63, 3.8) is 0 Å². The summed E-state index contributed by atoms with van der Waals surface area (Å²) in [6.07, 6.45) is 1.78. The van der Waals surface area contributed by atoms with E-state index in [0.717, 1.165) is 27.9 Å². The van der Waals surface area contributed by atoms with Gasteiger partial charge in [0.05, 0.1) is 24.0 Å². The number of methoxy groups -OCH3 is 1. The second kappa shape index (κ2) is 3.85. The molecule has 2 N–H and O–H groups in total. The van der Waals surface area contributed by atoms with Crippen LogP contribution < -0.4 is 4.74 Å². The van der Waals surface area contributed by atoms with Gasteiger partial charge in [0.15, 0.2) is 0 Å². The zero-order valence-corrected chi connectivity index (χ0v) is 9.42. The molecular formula is C13H14N2O. The van der Waals surface area contributed by atoms with Gasteiger partial charge in [0.1, 0.15) is 5.75 Å². The Balaban J connectivity index is 2.76. The number of fused-ring (bicyclic) bond motifs is 1. The zero-order valence-electron chi connectivity index (χ0n) is 9.42. The highest BCUT2D eigenvalue weighted by atomic mass is 16.5. The first-order valence-electron chi connectivity index (χ1n) is 5.05. The molecule has 0 aliphatic rings. The Labute approximate surface area is 94.3 Å². The maximum atomic E-state index is 7.70. The van der Waals surface area contributed by atoms with Gasteiger partial charge in [-0.3, -0.25) is 0 Å². The van der Waals surface area contributed by atoms with Crippen LogP contribution in [0, 0.1) is 5.41 Å². The first-order valence-corrected chi connectivity index (χ1v) is 5.05. The minimum absolute atomic E-state index is 0.505. The fourth-order valence-corrected chi connectivity index (χ4v) is 1.83. The number of aromatic amines is 1. The molecule has 1 aromatic carbocycles. The summed E-state index contributed by atoms with van der Waals surface area (Å²) in [6, 6.07) is 5.81. The van der Waals surface area contributed by atoms with Crippen LogP contribution >= 0.6 is 0 Å². The van der Waals surface area contributed by atoms with Crippen molar-refractivity contribution in [2.45, 2.75) is 6.92 Å². The molecule has 0 unspecified atom stereocenters. The predicted molar refractivity (Wildman–Crippen MR) is 67.4 cm³/mol. The molecule has 2 rings (SSSR count). The lowest BCUT2D eigenvalue weighted by molar-refractivity contribution is 0.415. The average molecular weight is 214 g/mol. The van der Waals surface area contributed by atoms with E-state index in [1.165, 1.54) is 0 Å². The quantitative estimate of drug-likeness (QED) is 0.757. The molecule has 3 nitrogen and oxygen atoms in total. The average Bonchev–Trinajstić information content (AvgIpc) is 2.66. The summed E-state index contributed by atoms with van der Waals surface area (Å²) < 4.78 is 5.17. The monoisotopic (exact) mass is 214 g/mol. The highest BCUT2D eigenvalue weighted by Crippen LogP contribution is 2.27. The molecule has 3 heteroatoms. The van der Waals surface area contributed by atoms with Crippen molar-refractivity contribution in [3.8, 4) is 5.75 Å². The van der Waals surface area contributed by atoms with Gasteiger partial charge in [-0.05, 0) is 19.1 Å². The van der Waals surface area contributed by atoms with Crippen molar-refractivity contribution in [1.82, 2.24) is 4.98 Å². The highest BCUT2D eigenvalue weighted by molar-refractivity contribution is 6.05. The number of nitrogens with one attached hydrogen (secondary N) is 2. The number of hydrogen-bond acceptors (Lipinski definition) is 2. The predicted octanol–water partition coefficient (Wildman–Crippen LogP) is 3.21. The van der Waals surface area contributed by atoms with Crippen LogP contribution in [0.25, 0.3) is 17.0 Å². The Morgan fingerprint density at radius 1 is 1.50 bits per heavy atom. The standard InChI is InChI=1S/C13H14N2O/c1-4-10-11-6-5-9(16-3)7-12(11)15-13(10)8(2)14/h4-7,14-15H,1H2,2-3H3. The zero-order chi connectivity index (χ0) is 11.7. The third-order valence-corrected chi connectivity index (χ3v) is 2.63. The summed E-state index contributed by atoms with van der Waals surface area (Å²) in [5, 5.41) is 8.77. The number of rotatable bonds is 3. The Morgan fingerprint density at radius 3 is 2.81 bits per heavy atom. The van der Waals surface area contributed by atoms with Gasteiger partial charge in [0, 0.05) is 17.0 Å². The highest BCUT2D eigenvalue weighted by Gasteiger charge is 2.10. The molecule has 0 fully saturated rings. The summed E-state index contributed by atoms with van der Waals surface area (Å²) in [4.78, 5) is 3.21. The molecule has 0 aliphatic carbocycles. The third kappa shape index (κ3) is 1.50. The van der Waals surface area contributed by atoms with E-state index >= 15 is 0 Å². The first-order chi connectivity index (χ1) is 7.67. The number of hydrogen-bond donors (Lipinski definition) is 2. The van der Waals surface area contributed by atoms with Gasteiger partial charge in [-0.15, -0.1) is 0 Å². The molecule has 0 atom stereocenters. The maximum absolute atomic E-state index is 7.70. The molecule has 0 amide bonds. The minimum Gasteiger partial charge on any atom is -0.497 e. The van der Waals surface area contributed by atoms with Crippen LogP contribution in [0.1, 0.15) is 18.2 Å². The summed E-state index contributed by atoms with van der Waals surface area (Å²) in [6.45, 7) is 5.55. The van der Waals surface area contributed by atoms with Crippen molar-refractivity contribution >= 4 is 22.7 Å². The maximum Gasteiger partial charge on any atom is 0.120 e. The molecule has 16 heavy (non-hydrogen) atoms. The van der Waals surface area contributed by atoms with Crippen molar-refractivity contribution in [2.75, 3.05) is 7.11 Å². The van der Waals surface area contributed by atoms with E-state index in [0.29, 0.717) is 5.71 Å². The Morgan fingerprint density at radius 2 is 2.25 bits per heavy atom. The van der Waals surface area contributed by atoms with E-state index in [1.807, 2.05) is 18.2 Å². The van der Waals surface area contributed by atoms with Crippen LogP contribution in [0.3, 0.4) is 0 Å². The summed E-state index contributed by atoms with van der Waals surface area (Å²) in [5.41, 5.74) is 3.27. The van der Waals surface area contributed by atoms with Crippen molar-refractivity contribution < 1.29 is 4.74 Å². The normalized spacial score (nSPS) is 10.4. The molecule has 0 aliphatic heterocycles. The molecule has 0 spiro atoms. The van der Waals surface area contributed by atoms with E-state index in [2.05, 4.69) is 11.6 Å². The van der Waals surface area contributed by atoms with Gasteiger partial charge in [0.25, 0.3) is 0 Å². The van der Waals surface area contributed by atoms with Gasteiger partial charge < -0.3 is 15.1 Å². The lowest BCUT2D eigenvalue weighted by Crippen LogP contribution is -1.94. The topological polar surface area (TPSA) is 48.9 Å². The van der Waals surface area contributed by atoms with E-state index in [-0.39, 0.29) is 0 Å². The largest absolute Gasteiger partial charge is 0.497 e. The van der Waals surface area contributed by atoms with Crippen molar-refractivity contribution in [2.24, 2.45) is 0 Å². The van der Waals surface area contributed by atoms with E-state index < -0.39 is 0 Å². The molecule has 1 aromatic heterocycles. The third-order valence-electron chi connectivity index (χ3n) is 2.63. The number of aromatic nitrogens is 1. The Hall–Kier alpha value is -2.03. The second-order valence-electron chi connectivity index (χ2n) is 3.65. The fraction of sp³-hybridized carbons (Fsp3) is 0.154. The first kappa shape index (κ1) is 10.5. The van der Waals surface area contributed by atoms with Gasteiger partial charge >= 0.3 is 0 Å². The molecule has 2 aromatic rings. The number of benzene rings is 1.